The molecule has 1 N–H and O–H groups in total. The first-order valence-corrected chi connectivity index (χ1v) is 12.8. The molecule has 3 aromatic rings. The SMILES string of the molecule is Cc1cc(C(=O)O)ccc1N1C(=O)[C@@H]2C[C@H]1C[C@H]2OCc1c(-c2c(Cl)cccc2Cl)noc1C1CC1. The van der Waals surface area contributed by atoms with E-state index in [-0.39, 0.29) is 36.1 Å². The van der Waals surface area contributed by atoms with E-state index in [1.165, 1.54) is 0 Å². The molecule has 2 bridgehead atoms. The molecule has 7 nitrogen and oxygen atoms in total. The standard InChI is InChI=1S/C27H24Cl2N2O5/c1-13-9-15(27(33)34)7-8-21(13)31-16-10-17(26(31)32)22(11-16)35-12-18-24(30-36-25(18)14-5-6-14)23-19(28)3-2-4-20(23)29/h2-4,7-9,14,16-17,22H,5-6,10-12H2,1H3,(H,33,34)/t16-,17+,22+/m0/s1. The fourth-order valence-corrected chi connectivity index (χ4v) is 6.18. The van der Waals surface area contributed by atoms with Crippen LogP contribution in [0.2, 0.25) is 10.0 Å². The normalized spacial score (nSPS) is 23.0. The minimum Gasteiger partial charge on any atom is -0.478 e. The monoisotopic (exact) mass is 526 g/mol. The van der Waals surface area contributed by atoms with Gasteiger partial charge in [-0.25, -0.2) is 4.79 Å². The van der Waals surface area contributed by atoms with Crippen molar-refractivity contribution in [2.45, 2.75) is 57.3 Å². The van der Waals surface area contributed by atoms with Crippen molar-refractivity contribution in [3.63, 3.8) is 0 Å². The van der Waals surface area contributed by atoms with Gasteiger partial charge in [0.1, 0.15) is 11.5 Å². The lowest BCUT2D eigenvalue weighted by atomic mass is 10.0. The summed E-state index contributed by atoms with van der Waals surface area (Å²) in [6.07, 6.45) is 3.29. The first-order chi connectivity index (χ1) is 17.3. The number of benzene rings is 2. The zero-order chi connectivity index (χ0) is 25.1. The number of carboxylic acid groups (broad SMARTS) is 1. The van der Waals surface area contributed by atoms with Crippen LogP contribution in [0, 0.1) is 12.8 Å². The number of aryl methyl sites for hydroxylation is 1. The van der Waals surface area contributed by atoms with E-state index in [4.69, 9.17) is 32.5 Å². The quantitative estimate of drug-likeness (QED) is 0.391. The lowest BCUT2D eigenvalue weighted by molar-refractivity contribution is -0.126. The Morgan fingerprint density at radius 3 is 2.58 bits per heavy atom. The molecule has 2 aliphatic carbocycles. The summed E-state index contributed by atoms with van der Waals surface area (Å²) >= 11 is 12.9. The number of rotatable bonds is 7. The molecule has 186 valence electrons. The number of hydrogen-bond acceptors (Lipinski definition) is 5. The summed E-state index contributed by atoms with van der Waals surface area (Å²) in [5.74, 6) is -0.0786. The van der Waals surface area contributed by atoms with Crippen LogP contribution in [0.3, 0.4) is 0 Å². The number of piperidine rings is 1. The van der Waals surface area contributed by atoms with Crippen molar-refractivity contribution in [1.29, 1.82) is 0 Å². The van der Waals surface area contributed by atoms with E-state index >= 15 is 0 Å². The molecule has 1 amide bonds. The molecule has 3 atom stereocenters. The molecule has 36 heavy (non-hydrogen) atoms. The number of fused-ring (bicyclic) bond motifs is 2. The Kier molecular flexibility index (Phi) is 5.82. The number of aromatic nitrogens is 1. The van der Waals surface area contributed by atoms with E-state index in [1.807, 2.05) is 11.8 Å². The number of carboxylic acids is 1. The van der Waals surface area contributed by atoms with Crippen molar-refractivity contribution >= 4 is 40.8 Å². The van der Waals surface area contributed by atoms with Gasteiger partial charge in [-0.3, -0.25) is 4.79 Å². The highest BCUT2D eigenvalue weighted by molar-refractivity contribution is 6.39. The zero-order valence-electron chi connectivity index (χ0n) is 19.5. The highest BCUT2D eigenvalue weighted by Gasteiger charge is 2.52. The second kappa shape index (κ2) is 8.91. The Bertz CT molecular complexity index is 1360. The molecule has 1 aliphatic heterocycles. The van der Waals surface area contributed by atoms with Crippen molar-refractivity contribution in [2.24, 2.45) is 5.92 Å². The molecule has 0 radical (unpaired) electrons. The molecule has 3 fully saturated rings. The third-order valence-corrected chi connectivity index (χ3v) is 8.14. The third-order valence-electron chi connectivity index (χ3n) is 7.51. The van der Waals surface area contributed by atoms with Crippen LogP contribution in [0.15, 0.2) is 40.9 Å². The first kappa shape index (κ1) is 23.5. The number of carbonyl (C=O) groups excluding carboxylic acids is 1. The van der Waals surface area contributed by atoms with Gasteiger partial charge in [0.2, 0.25) is 5.91 Å². The third kappa shape index (κ3) is 3.90. The van der Waals surface area contributed by atoms with Gasteiger partial charge in [-0.15, -0.1) is 0 Å². The maximum Gasteiger partial charge on any atom is 0.335 e. The molecule has 2 heterocycles. The predicted octanol–water partition coefficient (Wildman–Crippen LogP) is 6.24. The van der Waals surface area contributed by atoms with Crippen LogP contribution >= 0.6 is 23.2 Å². The van der Waals surface area contributed by atoms with E-state index in [9.17, 15) is 14.7 Å². The second-order valence-corrected chi connectivity index (χ2v) is 10.7. The van der Waals surface area contributed by atoms with E-state index in [2.05, 4.69) is 5.16 Å². The van der Waals surface area contributed by atoms with Gasteiger partial charge in [0, 0.05) is 28.8 Å². The van der Waals surface area contributed by atoms with Crippen LogP contribution in [0.1, 0.15) is 58.8 Å². The molecule has 1 aromatic heterocycles. The van der Waals surface area contributed by atoms with Crippen LogP contribution in [0.25, 0.3) is 11.3 Å². The molecule has 2 aromatic carbocycles. The number of hydrogen-bond donors (Lipinski definition) is 1. The first-order valence-electron chi connectivity index (χ1n) is 12.0. The van der Waals surface area contributed by atoms with Gasteiger partial charge in [0.05, 0.1) is 34.2 Å². The molecule has 6 rings (SSSR count). The molecule has 9 heteroatoms. The molecule has 3 aliphatic rings. The van der Waals surface area contributed by atoms with Gasteiger partial charge >= 0.3 is 5.97 Å². The number of aromatic carboxylic acids is 1. The van der Waals surface area contributed by atoms with E-state index in [1.54, 1.807) is 36.4 Å². The summed E-state index contributed by atoms with van der Waals surface area (Å²) in [7, 11) is 0. The summed E-state index contributed by atoms with van der Waals surface area (Å²) in [4.78, 5) is 26.4. The number of carbonyl (C=O) groups is 2. The molecule has 0 unspecified atom stereocenters. The Balaban J connectivity index is 1.22. The number of anilines is 1. The Labute approximate surface area is 217 Å². The van der Waals surface area contributed by atoms with Gasteiger partial charge in [-0.05, 0) is 68.5 Å². The van der Waals surface area contributed by atoms with Crippen molar-refractivity contribution < 1.29 is 24.0 Å². The predicted molar refractivity (Wildman–Crippen MR) is 135 cm³/mol. The Hall–Kier alpha value is -2.87. The second-order valence-electron chi connectivity index (χ2n) is 9.84. The fraction of sp³-hybridized carbons (Fsp3) is 0.370. The van der Waals surface area contributed by atoms with Crippen LogP contribution in [0.5, 0.6) is 0 Å². The van der Waals surface area contributed by atoms with Gasteiger partial charge in [0.25, 0.3) is 0 Å². The van der Waals surface area contributed by atoms with E-state index in [0.717, 1.165) is 35.4 Å². The lowest BCUT2D eigenvalue weighted by Crippen LogP contribution is -2.43. The Morgan fingerprint density at radius 2 is 1.94 bits per heavy atom. The molecule has 1 saturated heterocycles. The van der Waals surface area contributed by atoms with Crippen molar-refractivity contribution in [1.82, 2.24) is 5.16 Å². The minimum atomic E-state index is -0.982. The van der Waals surface area contributed by atoms with Crippen molar-refractivity contribution in [2.75, 3.05) is 4.90 Å². The molecular weight excluding hydrogens is 503 g/mol. The summed E-state index contributed by atoms with van der Waals surface area (Å²) in [5.41, 5.74) is 3.82. The topological polar surface area (TPSA) is 92.9 Å². The molecule has 0 spiro atoms. The molecule has 2 saturated carbocycles. The summed E-state index contributed by atoms with van der Waals surface area (Å²) < 4.78 is 12.1. The number of amides is 1. The lowest BCUT2D eigenvalue weighted by Gasteiger charge is -2.32. The summed E-state index contributed by atoms with van der Waals surface area (Å²) in [6, 6.07) is 10.2. The maximum absolute atomic E-state index is 13.3. The van der Waals surface area contributed by atoms with Crippen LogP contribution in [-0.2, 0) is 16.1 Å². The van der Waals surface area contributed by atoms with Gasteiger partial charge in [-0.2, -0.15) is 0 Å². The minimum absolute atomic E-state index is 0.0181. The van der Waals surface area contributed by atoms with Gasteiger partial charge in [-0.1, -0.05) is 34.4 Å². The van der Waals surface area contributed by atoms with Crippen LogP contribution in [-0.4, -0.2) is 34.3 Å². The number of nitrogens with zero attached hydrogens (tertiary/aromatic N) is 2. The average Bonchev–Trinajstić information content (AvgIpc) is 3.35. The largest absolute Gasteiger partial charge is 0.478 e. The number of halogens is 2. The van der Waals surface area contributed by atoms with Crippen molar-refractivity contribution in [3.8, 4) is 11.3 Å². The van der Waals surface area contributed by atoms with E-state index < -0.39 is 5.97 Å². The summed E-state index contributed by atoms with van der Waals surface area (Å²) in [6.45, 7) is 2.10. The van der Waals surface area contributed by atoms with E-state index in [0.29, 0.717) is 40.1 Å². The smallest absolute Gasteiger partial charge is 0.335 e. The van der Waals surface area contributed by atoms with Crippen LogP contribution < -0.4 is 4.90 Å². The average molecular weight is 527 g/mol. The van der Waals surface area contributed by atoms with Crippen molar-refractivity contribution in [3.05, 3.63) is 68.9 Å². The van der Waals surface area contributed by atoms with Crippen LogP contribution in [0.4, 0.5) is 5.69 Å². The van der Waals surface area contributed by atoms with Gasteiger partial charge < -0.3 is 19.3 Å². The highest BCUT2D eigenvalue weighted by Crippen LogP contribution is 2.48. The summed E-state index contributed by atoms with van der Waals surface area (Å²) in [5, 5.41) is 14.6. The zero-order valence-corrected chi connectivity index (χ0v) is 21.1. The fourth-order valence-electron chi connectivity index (χ4n) is 5.60. The maximum atomic E-state index is 13.3. The number of ether oxygens (including phenoxy) is 1. The van der Waals surface area contributed by atoms with Gasteiger partial charge in [0.15, 0.2) is 0 Å². The highest BCUT2D eigenvalue weighted by atomic mass is 35.5. The Morgan fingerprint density at radius 1 is 1.19 bits per heavy atom. The molecular formula is C27H24Cl2N2O5.